The molecule has 98 valence electrons. The van der Waals surface area contributed by atoms with Crippen LogP contribution in [-0.4, -0.2) is 14.7 Å². The fraction of sp³-hybridized carbons (Fsp3) is 0.0667. The highest BCUT2D eigenvalue weighted by atomic mass is 32.2. The molecule has 2 aromatic carbocycles. The second kappa shape index (κ2) is 5.36. The third-order valence-corrected chi connectivity index (χ3v) is 3.77. The number of benzene rings is 2. The van der Waals surface area contributed by atoms with E-state index in [-0.39, 0.29) is 5.82 Å². The van der Waals surface area contributed by atoms with E-state index in [0.717, 1.165) is 11.1 Å². The molecule has 0 bridgehead atoms. The zero-order valence-electron chi connectivity index (χ0n) is 10.4. The highest BCUT2D eigenvalue weighted by Crippen LogP contribution is 2.13. The first-order valence-corrected chi connectivity index (χ1v) is 7.58. The van der Waals surface area contributed by atoms with Gasteiger partial charge in [-0.15, -0.1) is 0 Å². The third-order valence-electron chi connectivity index (χ3n) is 2.65. The predicted molar refractivity (Wildman–Crippen MR) is 74.9 cm³/mol. The topological polar surface area (TPSA) is 34.1 Å². The summed E-state index contributed by atoms with van der Waals surface area (Å²) < 4.78 is 35.3. The van der Waals surface area contributed by atoms with Crippen LogP contribution in [0.5, 0.6) is 0 Å². The Labute approximate surface area is 112 Å². The lowest BCUT2D eigenvalue weighted by atomic mass is 10.1. The minimum Gasteiger partial charge on any atom is -0.224 e. The van der Waals surface area contributed by atoms with Crippen LogP contribution in [0.2, 0.25) is 0 Å². The van der Waals surface area contributed by atoms with E-state index in [9.17, 15) is 12.8 Å². The fourth-order valence-electron chi connectivity index (χ4n) is 1.59. The molecule has 0 saturated carbocycles. The minimum absolute atomic E-state index is 0.269. The van der Waals surface area contributed by atoms with Crippen molar-refractivity contribution in [2.24, 2.45) is 0 Å². The van der Waals surface area contributed by atoms with E-state index in [4.69, 9.17) is 0 Å². The summed E-state index contributed by atoms with van der Waals surface area (Å²) in [4.78, 5) is 0.298. The second-order valence-electron chi connectivity index (χ2n) is 4.23. The smallest absolute Gasteiger partial charge is 0.175 e. The summed E-state index contributed by atoms with van der Waals surface area (Å²) in [6, 6.07) is 12.7. The molecule has 19 heavy (non-hydrogen) atoms. The minimum atomic E-state index is -3.16. The first-order valence-electron chi connectivity index (χ1n) is 5.69. The monoisotopic (exact) mass is 276 g/mol. The molecule has 0 saturated heterocycles. The van der Waals surface area contributed by atoms with Crippen molar-refractivity contribution >= 4 is 22.0 Å². The molecule has 0 N–H and O–H groups in total. The summed E-state index contributed by atoms with van der Waals surface area (Å²) in [5, 5.41) is 0. The van der Waals surface area contributed by atoms with Gasteiger partial charge in [0.05, 0.1) is 4.90 Å². The van der Waals surface area contributed by atoms with Crippen molar-refractivity contribution in [3.63, 3.8) is 0 Å². The summed E-state index contributed by atoms with van der Waals surface area (Å²) in [5.74, 6) is -0.269. The summed E-state index contributed by atoms with van der Waals surface area (Å²) in [5.41, 5.74) is 1.77. The van der Waals surface area contributed by atoms with E-state index >= 15 is 0 Å². The Morgan fingerprint density at radius 1 is 0.842 bits per heavy atom. The number of hydrogen-bond acceptors (Lipinski definition) is 2. The average molecular weight is 276 g/mol. The van der Waals surface area contributed by atoms with Gasteiger partial charge in [-0.3, -0.25) is 0 Å². The zero-order chi connectivity index (χ0) is 13.9. The Morgan fingerprint density at radius 2 is 1.26 bits per heavy atom. The van der Waals surface area contributed by atoms with E-state index in [2.05, 4.69) is 0 Å². The van der Waals surface area contributed by atoms with Gasteiger partial charge in [-0.25, -0.2) is 12.8 Å². The normalized spacial score (nSPS) is 11.9. The maximum absolute atomic E-state index is 12.7. The van der Waals surface area contributed by atoms with Gasteiger partial charge in [-0.05, 0) is 35.4 Å². The third kappa shape index (κ3) is 3.76. The Bertz CT molecular complexity index is 684. The molecule has 2 nitrogen and oxygen atoms in total. The van der Waals surface area contributed by atoms with Crippen molar-refractivity contribution in [2.45, 2.75) is 4.90 Å². The van der Waals surface area contributed by atoms with Crippen molar-refractivity contribution < 1.29 is 12.8 Å². The van der Waals surface area contributed by atoms with Crippen LogP contribution in [0.25, 0.3) is 12.2 Å². The van der Waals surface area contributed by atoms with Crippen molar-refractivity contribution in [1.29, 1.82) is 0 Å². The van der Waals surface area contributed by atoms with Crippen LogP contribution in [0.1, 0.15) is 11.1 Å². The average Bonchev–Trinajstić information content (AvgIpc) is 2.37. The Hall–Kier alpha value is -1.94. The Balaban J connectivity index is 2.18. The van der Waals surface area contributed by atoms with Crippen molar-refractivity contribution in [2.75, 3.05) is 6.26 Å². The zero-order valence-corrected chi connectivity index (χ0v) is 11.2. The molecule has 0 amide bonds. The SMILES string of the molecule is CS(=O)(=O)c1ccc(/C=C/c2ccc(F)cc2)cc1. The number of hydrogen-bond donors (Lipinski definition) is 0. The molecule has 0 aliphatic heterocycles. The fourth-order valence-corrected chi connectivity index (χ4v) is 2.22. The summed E-state index contributed by atoms with van der Waals surface area (Å²) in [6.07, 6.45) is 4.87. The molecule has 0 aromatic heterocycles. The molecule has 2 rings (SSSR count). The lowest BCUT2D eigenvalue weighted by Gasteiger charge is -1.99. The van der Waals surface area contributed by atoms with Crippen LogP contribution in [0.4, 0.5) is 4.39 Å². The largest absolute Gasteiger partial charge is 0.224 e. The van der Waals surface area contributed by atoms with Gasteiger partial charge in [-0.1, -0.05) is 36.4 Å². The molecule has 0 spiro atoms. The molecule has 0 heterocycles. The van der Waals surface area contributed by atoms with E-state index in [0.29, 0.717) is 4.90 Å². The van der Waals surface area contributed by atoms with Gasteiger partial charge in [0.25, 0.3) is 0 Å². The maximum Gasteiger partial charge on any atom is 0.175 e. The second-order valence-corrected chi connectivity index (χ2v) is 6.24. The maximum atomic E-state index is 12.7. The van der Waals surface area contributed by atoms with Gasteiger partial charge in [-0.2, -0.15) is 0 Å². The van der Waals surface area contributed by atoms with Crippen molar-refractivity contribution in [1.82, 2.24) is 0 Å². The van der Waals surface area contributed by atoms with Crippen molar-refractivity contribution in [3.05, 3.63) is 65.5 Å². The lowest BCUT2D eigenvalue weighted by Crippen LogP contribution is -1.95. The molecule has 4 heteroatoms. The van der Waals surface area contributed by atoms with Gasteiger partial charge in [0.1, 0.15) is 5.82 Å². The van der Waals surface area contributed by atoms with Gasteiger partial charge in [0, 0.05) is 6.26 Å². The van der Waals surface area contributed by atoms with Crippen LogP contribution >= 0.6 is 0 Å². The summed E-state index contributed by atoms with van der Waals surface area (Å²) in [7, 11) is -3.16. The van der Waals surface area contributed by atoms with Crippen LogP contribution < -0.4 is 0 Å². The number of sulfone groups is 1. The van der Waals surface area contributed by atoms with Gasteiger partial charge in [0.2, 0.25) is 0 Å². The van der Waals surface area contributed by atoms with Crippen molar-refractivity contribution in [3.8, 4) is 0 Å². The lowest BCUT2D eigenvalue weighted by molar-refractivity contribution is 0.602. The molecule has 2 aromatic rings. The molecule has 0 aliphatic carbocycles. The highest BCUT2D eigenvalue weighted by molar-refractivity contribution is 7.90. The molecule has 0 radical (unpaired) electrons. The molecular formula is C15H13FO2S. The Kier molecular flexibility index (Phi) is 3.81. The quantitative estimate of drug-likeness (QED) is 0.805. The van der Waals surface area contributed by atoms with Crippen LogP contribution in [0.15, 0.2) is 53.4 Å². The standard InChI is InChI=1S/C15H13FO2S/c1-19(17,18)15-10-6-13(7-11-15)3-2-12-4-8-14(16)9-5-12/h2-11H,1H3/b3-2+. The van der Waals surface area contributed by atoms with Gasteiger partial charge in [0.15, 0.2) is 9.84 Å². The number of halogens is 1. The summed E-state index contributed by atoms with van der Waals surface area (Å²) in [6.45, 7) is 0. The summed E-state index contributed by atoms with van der Waals surface area (Å²) >= 11 is 0. The first kappa shape index (κ1) is 13.5. The molecule has 0 fully saturated rings. The molecule has 0 aliphatic rings. The van der Waals surface area contributed by atoms with E-state index < -0.39 is 9.84 Å². The predicted octanol–water partition coefficient (Wildman–Crippen LogP) is 3.40. The Morgan fingerprint density at radius 3 is 1.68 bits per heavy atom. The van der Waals surface area contributed by atoms with Gasteiger partial charge < -0.3 is 0 Å². The molecule has 0 atom stereocenters. The molecular weight excluding hydrogens is 263 g/mol. The first-order chi connectivity index (χ1) is 8.95. The van der Waals surface area contributed by atoms with Crippen LogP contribution in [0.3, 0.4) is 0 Å². The molecule has 0 unspecified atom stereocenters. The van der Waals surface area contributed by atoms with E-state index in [1.807, 2.05) is 12.2 Å². The van der Waals surface area contributed by atoms with E-state index in [1.54, 1.807) is 36.4 Å². The highest BCUT2D eigenvalue weighted by Gasteiger charge is 2.04. The van der Waals surface area contributed by atoms with Crippen LogP contribution in [-0.2, 0) is 9.84 Å². The number of rotatable bonds is 3. The van der Waals surface area contributed by atoms with Crippen LogP contribution in [0, 0.1) is 5.82 Å². The van der Waals surface area contributed by atoms with Gasteiger partial charge >= 0.3 is 0 Å². The van der Waals surface area contributed by atoms with E-state index in [1.165, 1.54) is 18.4 Å².